The van der Waals surface area contributed by atoms with Gasteiger partial charge in [-0.15, -0.1) is 0 Å². The summed E-state index contributed by atoms with van der Waals surface area (Å²) in [5.41, 5.74) is 1.72. The number of carbonyl (C=O) groups is 2. The van der Waals surface area contributed by atoms with Crippen molar-refractivity contribution in [1.82, 2.24) is 10.2 Å². The Labute approximate surface area is 208 Å². The van der Waals surface area contributed by atoms with Crippen molar-refractivity contribution in [3.63, 3.8) is 0 Å². The van der Waals surface area contributed by atoms with Gasteiger partial charge in [0.25, 0.3) is 5.91 Å². The lowest BCUT2D eigenvalue weighted by Crippen LogP contribution is -2.49. The Hall–Kier alpha value is -1.76. The normalized spacial score (nSPS) is 12.2. The first-order chi connectivity index (χ1) is 15.0. The molecule has 0 spiro atoms. The summed E-state index contributed by atoms with van der Waals surface area (Å²) in [5.74, 6) is -0.0574. The lowest BCUT2D eigenvalue weighted by Gasteiger charge is -2.30. The number of likely N-dealkylation sites (N-methyl/N-ethyl adjacent to an activating group) is 1. The van der Waals surface area contributed by atoms with E-state index in [0.717, 1.165) is 10.0 Å². The van der Waals surface area contributed by atoms with Gasteiger partial charge in [-0.25, -0.2) is 0 Å². The van der Waals surface area contributed by atoms with Crippen LogP contribution in [0.3, 0.4) is 0 Å². The van der Waals surface area contributed by atoms with Gasteiger partial charge in [0.1, 0.15) is 11.8 Å². The monoisotopic (exact) mass is 542 g/mol. The molecule has 1 N–H and O–H groups in total. The largest absolute Gasteiger partial charge is 0.483 e. The highest BCUT2D eigenvalue weighted by Crippen LogP contribution is 2.32. The van der Waals surface area contributed by atoms with Crippen LogP contribution in [0, 0.1) is 0 Å². The summed E-state index contributed by atoms with van der Waals surface area (Å²) < 4.78 is 6.58. The molecule has 2 amide bonds. The van der Waals surface area contributed by atoms with Crippen molar-refractivity contribution in [2.45, 2.75) is 52.1 Å². The quantitative estimate of drug-likeness (QED) is 0.445. The summed E-state index contributed by atoms with van der Waals surface area (Å²) in [6, 6.07) is 10.3. The third-order valence-electron chi connectivity index (χ3n) is 5.17. The van der Waals surface area contributed by atoms with Gasteiger partial charge < -0.3 is 15.0 Å². The zero-order chi connectivity index (χ0) is 24.1. The van der Waals surface area contributed by atoms with Crippen LogP contribution in [0.25, 0.3) is 0 Å². The van der Waals surface area contributed by atoms with Crippen LogP contribution in [-0.4, -0.2) is 36.4 Å². The number of ether oxygens (including phenoxy) is 1. The molecule has 0 saturated heterocycles. The SMILES string of the molecule is CCC(C(=O)NC)N(Cc1c(Cl)cccc1Cl)C(=O)COc1ccc(C(C)(C)C)cc1Br. The van der Waals surface area contributed by atoms with E-state index in [-0.39, 0.29) is 30.4 Å². The Morgan fingerprint density at radius 1 is 1.16 bits per heavy atom. The molecule has 0 aromatic heterocycles. The lowest BCUT2D eigenvalue weighted by molar-refractivity contribution is -0.142. The molecule has 0 radical (unpaired) electrons. The molecule has 0 bridgehead atoms. The highest BCUT2D eigenvalue weighted by atomic mass is 79.9. The summed E-state index contributed by atoms with van der Waals surface area (Å²) in [5, 5.41) is 3.49. The number of amides is 2. The Morgan fingerprint density at radius 3 is 2.28 bits per heavy atom. The lowest BCUT2D eigenvalue weighted by atomic mass is 9.87. The number of nitrogens with zero attached hydrogens (tertiary/aromatic N) is 1. The van der Waals surface area contributed by atoms with Gasteiger partial charge in [0, 0.05) is 29.2 Å². The highest BCUT2D eigenvalue weighted by Gasteiger charge is 2.29. The minimum absolute atomic E-state index is 0.0102. The van der Waals surface area contributed by atoms with E-state index in [0.29, 0.717) is 27.8 Å². The molecule has 1 unspecified atom stereocenters. The first kappa shape index (κ1) is 26.5. The third kappa shape index (κ3) is 6.63. The number of nitrogens with one attached hydrogen (secondary N) is 1. The van der Waals surface area contributed by atoms with E-state index in [1.807, 2.05) is 25.1 Å². The van der Waals surface area contributed by atoms with Crippen molar-refractivity contribution in [1.29, 1.82) is 0 Å². The van der Waals surface area contributed by atoms with E-state index in [9.17, 15) is 9.59 Å². The fourth-order valence-electron chi connectivity index (χ4n) is 3.25. The maximum Gasteiger partial charge on any atom is 0.261 e. The van der Waals surface area contributed by atoms with Crippen molar-refractivity contribution in [3.8, 4) is 5.75 Å². The van der Waals surface area contributed by atoms with E-state index >= 15 is 0 Å². The van der Waals surface area contributed by atoms with Crippen molar-refractivity contribution >= 4 is 50.9 Å². The smallest absolute Gasteiger partial charge is 0.261 e. The molecule has 5 nitrogen and oxygen atoms in total. The van der Waals surface area contributed by atoms with Crippen molar-refractivity contribution in [3.05, 3.63) is 62.0 Å². The summed E-state index contributed by atoms with van der Waals surface area (Å²) in [7, 11) is 1.54. The van der Waals surface area contributed by atoms with Crippen LogP contribution in [0.1, 0.15) is 45.2 Å². The third-order valence-corrected chi connectivity index (χ3v) is 6.50. The van der Waals surface area contributed by atoms with Gasteiger partial charge in [-0.2, -0.15) is 0 Å². The molecular formula is C24H29BrCl2N2O3. The summed E-state index contributed by atoms with van der Waals surface area (Å²) in [6.07, 6.45) is 0.428. The molecule has 1 atom stereocenters. The first-order valence-corrected chi connectivity index (χ1v) is 11.9. The molecule has 174 valence electrons. The maximum atomic E-state index is 13.2. The van der Waals surface area contributed by atoms with Gasteiger partial charge in [-0.1, -0.05) is 63.0 Å². The van der Waals surface area contributed by atoms with Crippen LogP contribution in [0.5, 0.6) is 5.75 Å². The highest BCUT2D eigenvalue weighted by molar-refractivity contribution is 9.10. The summed E-state index contributed by atoms with van der Waals surface area (Å²) >= 11 is 16.2. The number of hydrogen-bond donors (Lipinski definition) is 1. The Kier molecular flexibility index (Phi) is 9.43. The Bertz CT molecular complexity index is 956. The van der Waals surface area contributed by atoms with Crippen LogP contribution < -0.4 is 10.1 Å². The zero-order valence-corrected chi connectivity index (χ0v) is 22.1. The van der Waals surface area contributed by atoms with Crippen LogP contribution in [0.15, 0.2) is 40.9 Å². The minimum Gasteiger partial charge on any atom is -0.483 e. The molecule has 0 aliphatic rings. The van der Waals surface area contributed by atoms with Crippen molar-refractivity contribution < 1.29 is 14.3 Å². The van der Waals surface area contributed by atoms with Gasteiger partial charge in [-0.05, 0) is 57.6 Å². The van der Waals surface area contributed by atoms with Crippen molar-refractivity contribution in [2.24, 2.45) is 0 Å². The number of rotatable bonds is 8. The van der Waals surface area contributed by atoms with Crippen LogP contribution in [-0.2, 0) is 21.5 Å². The minimum atomic E-state index is -0.685. The molecule has 0 aliphatic carbocycles. The molecule has 0 aliphatic heterocycles. The molecular weight excluding hydrogens is 515 g/mol. The number of halogens is 3. The molecule has 8 heteroatoms. The van der Waals surface area contributed by atoms with Crippen molar-refractivity contribution in [2.75, 3.05) is 13.7 Å². The van der Waals surface area contributed by atoms with E-state index in [2.05, 4.69) is 42.0 Å². The summed E-state index contributed by atoms with van der Waals surface area (Å²) in [6.45, 7) is 8.08. The Morgan fingerprint density at radius 2 is 1.78 bits per heavy atom. The van der Waals surface area contributed by atoms with Gasteiger partial charge >= 0.3 is 0 Å². The average molecular weight is 544 g/mol. The van der Waals surface area contributed by atoms with Crippen LogP contribution >= 0.6 is 39.1 Å². The van der Waals surface area contributed by atoms with Gasteiger partial charge in [0.2, 0.25) is 5.91 Å². The molecule has 2 rings (SSSR count). The van der Waals surface area contributed by atoms with E-state index in [1.165, 1.54) is 4.90 Å². The molecule has 2 aromatic rings. The fraction of sp³-hybridized carbons (Fsp3) is 0.417. The number of benzene rings is 2. The maximum absolute atomic E-state index is 13.2. The van der Waals surface area contributed by atoms with E-state index in [4.69, 9.17) is 27.9 Å². The first-order valence-electron chi connectivity index (χ1n) is 10.4. The Balaban J connectivity index is 2.27. The summed E-state index contributed by atoms with van der Waals surface area (Å²) in [4.78, 5) is 27.2. The number of carbonyl (C=O) groups excluding carboxylic acids is 2. The van der Waals surface area contributed by atoms with Crippen LogP contribution in [0.4, 0.5) is 0 Å². The molecule has 0 heterocycles. The molecule has 0 fully saturated rings. The average Bonchev–Trinajstić information content (AvgIpc) is 2.73. The second-order valence-corrected chi connectivity index (χ2v) is 10.1. The van der Waals surface area contributed by atoms with Gasteiger partial charge in [0.05, 0.1) is 4.47 Å². The fourth-order valence-corrected chi connectivity index (χ4v) is 4.26. The van der Waals surface area contributed by atoms with E-state index < -0.39 is 6.04 Å². The molecule has 32 heavy (non-hydrogen) atoms. The van der Waals surface area contributed by atoms with Crippen LogP contribution in [0.2, 0.25) is 10.0 Å². The van der Waals surface area contributed by atoms with E-state index in [1.54, 1.807) is 25.2 Å². The van der Waals surface area contributed by atoms with Gasteiger partial charge in [-0.3, -0.25) is 9.59 Å². The topological polar surface area (TPSA) is 58.6 Å². The predicted molar refractivity (Wildman–Crippen MR) is 133 cm³/mol. The zero-order valence-electron chi connectivity index (χ0n) is 19.0. The predicted octanol–water partition coefficient (Wildman–Crippen LogP) is 5.99. The second kappa shape index (κ2) is 11.4. The molecule has 2 aromatic carbocycles. The molecule has 0 saturated carbocycles. The number of hydrogen-bond acceptors (Lipinski definition) is 3. The standard InChI is InChI=1S/C24H29BrCl2N2O3/c1-6-20(23(31)28-5)29(13-16-18(26)8-7-9-19(16)27)22(30)14-32-21-11-10-15(12-17(21)25)24(2,3)4/h7-12,20H,6,13-14H2,1-5H3,(H,28,31). The second-order valence-electron chi connectivity index (χ2n) is 8.44. The van der Waals surface area contributed by atoms with Gasteiger partial charge in [0.15, 0.2) is 6.61 Å².